The Morgan fingerprint density at radius 1 is 1.05 bits per heavy atom. The standard InChI is InChI=1S/C14H10BrF4NO/c15-11-3-2-10(16)6-13(11)21-12-4-1-9(14(17,18)19)5-8(12)7-20/h1-6H,7,20H2. The Morgan fingerprint density at radius 2 is 1.76 bits per heavy atom. The molecule has 0 atom stereocenters. The summed E-state index contributed by atoms with van der Waals surface area (Å²) in [6, 6.07) is 6.78. The molecule has 0 aromatic heterocycles. The molecule has 112 valence electrons. The van der Waals surface area contributed by atoms with Gasteiger partial charge in [0.15, 0.2) is 0 Å². The summed E-state index contributed by atoms with van der Waals surface area (Å²) in [5.74, 6) is -0.212. The quantitative estimate of drug-likeness (QED) is 0.790. The molecule has 0 aliphatic carbocycles. The molecule has 0 spiro atoms. The van der Waals surface area contributed by atoms with Crippen molar-refractivity contribution in [2.75, 3.05) is 0 Å². The van der Waals surface area contributed by atoms with Crippen LogP contribution in [0.15, 0.2) is 40.9 Å². The molecule has 0 aliphatic rings. The van der Waals surface area contributed by atoms with E-state index in [1.807, 2.05) is 0 Å². The highest BCUT2D eigenvalue weighted by Gasteiger charge is 2.31. The first-order chi connectivity index (χ1) is 9.81. The van der Waals surface area contributed by atoms with E-state index in [9.17, 15) is 17.6 Å². The van der Waals surface area contributed by atoms with E-state index in [4.69, 9.17) is 10.5 Å². The molecule has 0 fully saturated rings. The minimum atomic E-state index is -4.46. The van der Waals surface area contributed by atoms with Gasteiger partial charge in [-0.2, -0.15) is 13.2 Å². The van der Waals surface area contributed by atoms with Crippen LogP contribution in [0.25, 0.3) is 0 Å². The summed E-state index contributed by atoms with van der Waals surface area (Å²) < 4.78 is 57.0. The third-order valence-corrected chi connectivity index (χ3v) is 3.38. The van der Waals surface area contributed by atoms with Crippen molar-refractivity contribution in [1.29, 1.82) is 0 Å². The highest BCUT2D eigenvalue weighted by atomic mass is 79.9. The molecule has 0 saturated carbocycles. The summed E-state index contributed by atoms with van der Waals surface area (Å²) in [4.78, 5) is 0. The molecular weight excluding hydrogens is 354 g/mol. The molecule has 0 bridgehead atoms. The fourth-order valence-corrected chi connectivity index (χ4v) is 2.02. The van der Waals surface area contributed by atoms with Gasteiger partial charge in [0, 0.05) is 18.2 Å². The second-order valence-electron chi connectivity index (χ2n) is 4.20. The number of rotatable bonds is 3. The molecule has 2 nitrogen and oxygen atoms in total. The Bertz CT molecular complexity index is 658. The van der Waals surface area contributed by atoms with Crippen LogP contribution in [0.4, 0.5) is 17.6 Å². The maximum atomic E-state index is 13.2. The third-order valence-electron chi connectivity index (χ3n) is 2.72. The monoisotopic (exact) mass is 363 g/mol. The second kappa shape index (κ2) is 6.03. The van der Waals surface area contributed by atoms with E-state index in [0.29, 0.717) is 4.47 Å². The SMILES string of the molecule is NCc1cc(C(F)(F)F)ccc1Oc1cc(F)ccc1Br. The largest absolute Gasteiger partial charge is 0.456 e. The van der Waals surface area contributed by atoms with Crippen LogP contribution in [0.2, 0.25) is 0 Å². The second-order valence-corrected chi connectivity index (χ2v) is 5.06. The smallest absolute Gasteiger partial charge is 0.416 e. The number of benzene rings is 2. The number of hydrogen-bond acceptors (Lipinski definition) is 2. The molecule has 7 heteroatoms. The van der Waals surface area contributed by atoms with Crippen molar-refractivity contribution < 1.29 is 22.3 Å². The Labute approximate surface area is 126 Å². The Morgan fingerprint density at radius 3 is 2.38 bits per heavy atom. The van der Waals surface area contributed by atoms with Gasteiger partial charge in [0.2, 0.25) is 0 Å². The minimum Gasteiger partial charge on any atom is -0.456 e. The average Bonchev–Trinajstić information content (AvgIpc) is 2.42. The lowest BCUT2D eigenvalue weighted by Crippen LogP contribution is -2.08. The van der Waals surface area contributed by atoms with Crippen LogP contribution < -0.4 is 10.5 Å². The van der Waals surface area contributed by atoms with Gasteiger partial charge in [-0.15, -0.1) is 0 Å². The molecule has 0 heterocycles. The van der Waals surface area contributed by atoms with Gasteiger partial charge < -0.3 is 10.5 Å². The zero-order valence-electron chi connectivity index (χ0n) is 10.5. The van der Waals surface area contributed by atoms with E-state index in [-0.39, 0.29) is 23.6 Å². The molecule has 0 saturated heterocycles. The molecule has 2 aromatic carbocycles. The molecular formula is C14H10BrF4NO. The van der Waals surface area contributed by atoms with Crippen molar-refractivity contribution in [2.24, 2.45) is 5.73 Å². The molecule has 0 amide bonds. The number of nitrogens with two attached hydrogens (primary N) is 1. The van der Waals surface area contributed by atoms with Crippen LogP contribution in [0.3, 0.4) is 0 Å². The summed E-state index contributed by atoms with van der Waals surface area (Å²) >= 11 is 3.18. The van der Waals surface area contributed by atoms with E-state index >= 15 is 0 Å². The van der Waals surface area contributed by atoms with Gasteiger partial charge in [0.05, 0.1) is 10.0 Å². The average molecular weight is 364 g/mol. The zero-order valence-corrected chi connectivity index (χ0v) is 12.1. The van der Waals surface area contributed by atoms with Crippen LogP contribution in [0.5, 0.6) is 11.5 Å². The van der Waals surface area contributed by atoms with Crippen LogP contribution >= 0.6 is 15.9 Å². The maximum Gasteiger partial charge on any atom is 0.416 e. The first-order valence-corrected chi connectivity index (χ1v) is 6.63. The Balaban J connectivity index is 2.38. The predicted octanol–water partition coefficient (Wildman–Crippen LogP) is 4.86. The van der Waals surface area contributed by atoms with E-state index < -0.39 is 17.6 Å². The van der Waals surface area contributed by atoms with Gasteiger partial charge in [-0.3, -0.25) is 0 Å². The minimum absolute atomic E-state index is 0.133. The fourth-order valence-electron chi connectivity index (χ4n) is 1.69. The van der Waals surface area contributed by atoms with Gasteiger partial charge in [-0.25, -0.2) is 4.39 Å². The highest BCUT2D eigenvalue weighted by Crippen LogP contribution is 2.36. The van der Waals surface area contributed by atoms with Crippen LogP contribution in [-0.4, -0.2) is 0 Å². The van der Waals surface area contributed by atoms with E-state index in [1.165, 1.54) is 18.2 Å². The van der Waals surface area contributed by atoms with Gasteiger partial charge in [-0.05, 0) is 46.3 Å². The van der Waals surface area contributed by atoms with Gasteiger partial charge in [0.25, 0.3) is 0 Å². The topological polar surface area (TPSA) is 35.2 Å². The Kier molecular flexibility index (Phi) is 4.53. The van der Waals surface area contributed by atoms with E-state index in [0.717, 1.165) is 18.2 Å². The first kappa shape index (κ1) is 15.8. The third kappa shape index (κ3) is 3.74. The number of hydrogen-bond donors (Lipinski definition) is 1. The number of ether oxygens (including phenoxy) is 1. The van der Waals surface area contributed by atoms with Crippen molar-refractivity contribution in [3.8, 4) is 11.5 Å². The lowest BCUT2D eigenvalue weighted by molar-refractivity contribution is -0.137. The van der Waals surface area contributed by atoms with E-state index in [1.54, 1.807) is 0 Å². The van der Waals surface area contributed by atoms with Gasteiger partial charge in [0.1, 0.15) is 17.3 Å². The number of alkyl halides is 3. The molecule has 21 heavy (non-hydrogen) atoms. The molecule has 2 rings (SSSR count). The molecule has 0 unspecified atom stereocenters. The predicted molar refractivity (Wildman–Crippen MR) is 73.5 cm³/mol. The summed E-state index contributed by atoms with van der Waals surface area (Å²) in [5.41, 5.74) is 4.82. The summed E-state index contributed by atoms with van der Waals surface area (Å²) in [5, 5.41) is 0. The van der Waals surface area contributed by atoms with Gasteiger partial charge >= 0.3 is 6.18 Å². The summed E-state index contributed by atoms with van der Waals surface area (Å²) in [6.07, 6.45) is -4.46. The molecule has 0 radical (unpaired) electrons. The normalized spacial score (nSPS) is 11.5. The van der Waals surface area contributed by atoms with Crippen molar-refractivity contribution in [2.45, 2.75) is 12.7 Å². The molecule has 2 aromatic rings. The molecule has 0 aliphatic heterocycles. The highest BCUT2D eigenvalue weighted by molar-refractivity contribution is 9.10. The van der Waals surface area contributed by atoms with E-state index in [2.05, 4.69) is 15.9 Å². The van der Waals surface area contributed by atoms with Crippen molar-refractivity contribution in [3.63, 3.8) is 0 Å². The van der Waals surface area contributed by atoms with Crippen molar-refractivity contribution in [3.05, 3.63) is 57.8 Å². The summed E-state index contributed by atoms with van der Waals surface area (Å²) in [6.45, 7) is -0.133. The van der Waals surface area contributed by atoms with Crippen molar-refractivity contribution in [1.82, 2.24) is 0 Å². The van der Waals surface area contributed by atoms with Crippen LogP contribution in [0.1, 0.15) is 11.1 Å². The fraction of sp³-hybridized carbons (Fsp3) is 0.143. The zero-order chi connectivity index (χ0) is 15.6. The lowest BCUT2D eigenvalue weighted by atomic mass is 10.1. The number of halogens is 5. The molecule has 2 N–H and O–H groups in total. The Hall–Kier alpha value is -1.60. The lowest BCUT2D eigenvalue weighted by Gasteiger charge is -2.14. The van der Waals surface area contributed by atoms with Gasteiger partial charge in [-0.1, -0.05) is 0 Å². The summed E-state index contributed by atoms with van der Waals surface area (Å²) in [7, 11) is 0. The van der Waals surface area contributed by atoms with Crippen LogP contribution in [-0.2, 0) is 12.7 Å². The maximum absolute atomic E-state index is 13.2. The van der Waals surface area contributed by atoms with Crippen LogP contribution in [0, 0.1) is 5.82 Å². The van der Waals surface area contributed by atoms with Crippen molar-refractivity contribution >= 4 is 15.9 Å². The first-order valence-electron chi connectivity index (χ1n) is 5.84.